The van der Waals surface area contributed by atoms with Crippen LogP contribution in [0.5, 0.6) is 0 Å². The van der Waals surface area contributed by atoms with Crippen LogP contribution in [0.4, 0.5) is 0 Å². The maximum absolute atomic E-state index is 4.53. The van der Waals surface area contributed by atoms with Crippen LogP contribution in [0, 0.1) is 0 Å². The predicted molar refractivity (Wildman–Crippen MR) is 79.2 cm³/mol. The Kier molecular flexibility index (Phi) is 4.99. The highest BCUT2D eigenvalue weighted by Crippen LogP contribution is 2.24. The minimum absolute atomic E-state index is 0.529. The quantitative estimate of drug-likeness (QED) is 0.788. The summed E-state index contributed by atoms with van der Waals surface area (Å²) in [4.78, 5) is 5.06. The molecule has 0 aliphatic carbocycles. The van der Waals surface area contributed by atoms with Crippen LogP contribution in [0.1, 0.15) is 45.9 Å². The normalized spacial score (nSPS) is 20.2. The van der Waals surface area contributed by atoms with Gasteiger partial charge >= 0.3 is 0 Å². The van der Waals surface area contributed by atoms with Crippen LogP contribution in [0.15, 0.2) is 12.3 Å². The zero-order valence-electron chi connectivity index (χ0n) is 12.8. The second kappa shape index (κ2) is 6.53. The molecule has 1 aliphatic heterocycles. The van der Waals surface area contributed by atoms with E-state index in [4.69, 9.17) is 0 Å². The third kappa shape index (κ3) is 3.37. The highest BCUT2D eigenvalue weighted by Gasteiger charge is 2.26. The molecule has 0 saturated carbocycles. The van der Waals surface area contributed by atoms with E-state index in [9.17, 15) is 0 Å². The van der Waals surface area contributed by atoms with Gasteiger partial charge < -0.3 is 4.90 Å². The Morgan fingerprint density at radius 1 is 1.37 bits per heavy atom. The average Bonchev–Trinajstić information content (AvgIpc) is 2.87. The summed E-state index contributed by atoms with van der Waals surface area (Å²) in [7, 11) is 0. The summed E-state index contributed by atoms with van der Waals surface area (Å²) in [6.45, 7) is 14.7. The second-order valence-electron chi connectivity index (χ2n) is 5.76. The molecule has 0 saturated heterocycles. The average molecular weight is 264 g/mol. The van der Waals surface area contributed by atoms with Crippen molar-refractivity contribution in [1.29, 1.82) is 0 Å². The van der Waals surface area contributed by atoms with Crippen molar-refractivity contribution < 1.29 is 0 Å². The first-order valence-corrected chi connectivity index (χ1v) is 7.64. The van der Waals surface area contributed by atoms with Gasteiger partial charge in [-0.1, -0.05) is 13.8 Å². The van der Waals surface area contributed by atoms with Gasteiger partial charge in [-0.25, -0.2) is 0 Å². The molecule has 2 heterocycles. The largest absolute Gasteiger partial charge is 0.304 e. The fourth-order valence-corrected chi connectivity index (χ4v) is 2.89. The number of rotatable bonds is 6. The van der Waals surface area contributed by atoms with E-state index in [0.29, 0.717) is 12.1 Å². The van der Waals surface area contributed by atoms with E-state index < -0.39 is 0 Å². The molecule has 0 N–H and O–H groups in total. The second-order valence-corrected chi connectivity index (χ2v) is 5.76. The fourth-order valence-electron chi connectivity index (χ4n) is 2.89. The van der Waals surface area contributed by atoms with Gasteiger partial charge in [0.2, 0.25) is 0 Å². The molecule has 0 amide bonds. The van der Waals surface area contributed by atoms with Gasteiger partial charge in [-0.05, 0) is 39.4 Å². The van der Waals surface area contributed by atoms with Crippen molar-refractivity contribution in [3.63, 3.8) is 0 Å². The van der Waals surface area contributed by atoms with Gasteiger partial charge in [-0.15, -0.1) is 0 Å². The van der Waals surface area contributed by atoms with Gasteiger partial charge in [0.05, 0.1) is 11.7 Å². The maximum atomic E-state index is 4.53. The van der Waals surface area contributed by atoms with Crippen LogP contribution in [0.3, 0.4) is 0 Å². The minimum atomic E-state index is 0.529. The number of hydrogen-bond acceptors (Lipinski definition) is 3. The molecule has 4 nitrogen and oxygen atoms in total. The van der Waals surface area contributed by atoms with Gasteiger partial charge in [0.15, 0.2) is 0 Å². The summed E-state index contributed by atoms with van der Waals surface area (Å²) in [5.41, 5.74) is 1.37. The van der Waals surface area contributed by atoms with E-state index >= 15 is 0 Å². The summed E-state index contributed by atoms with van der Waals surface area (Å²) in [6.07, 6.45) is 3.14. The SMILES string of the molecule is CCN(CC)CC[C@@H]1CN(C(C)C)Cc2ccnn21. The molecule has 4 heteroatoms. The molecule has 0 fully saturated rings. The van der Waals surface area contributed by atoms with Crippen LogP contribution < -0.4 is 0 Å². The summed E-state index contributed by atoms with van der Waals surface area (Å²) >= 11 is 0. The standard InChI is InChI=1S/C15H28N4/c1-5-17(6-2)10-8-15-12-18(13(3)4)11-14-7-9-16-19(14)15/h7,9,13,15H,5-6,8,10-12H2,1-4H3/t15-/m1/s1. The molecule has 1 atom stereocenters. The lowest BCUT2D eigenvalue weighted by Gasteiger charge is -2.37. The fraction of sp³-hybridized carbons (Fsp3) is 0.800. The maximum Gasteiger partial charge on any atom is 0.0662 e. The highest BCUT2D eigenvalue weighted by molar-refractivity contribution is 5.05. The first-order valence-electron chi connectivity index (χ1n) is 7.64. The van der Waals surface area contributed by atoms with E-state index in [2.05, 4.69) is 53.3 Å². The van der Waals surface area contributed by atoms with Crippen LogP contribution >= 0.6 is 0 Å². The van der Waals surface area contributed by atoms with Crippen molar-refractivity contribution in [2.45, 2.75) is 52.7 Å². The molecule has 1 aromatic heterocycles. The molecule has 0 spiro atoms. The summed E-state index contributed by atoms with van der Waals surface area (Å²) in [5.74, 6) is 0. The molecule has 0 radical (unpaired) electrons. The molecule has 1 aliphatic rings. The third-order valence-corrected chi connectivity index (χ3v) is 4.31. The molecule has 1 aromatic rings. The Balaban J connectivity index is 2.03. The van der Waals surface area contributed by atoms with Gasteiger partial charge in [-0.2, -0.15) is 5.10 Å². The van der Waals surface area contributed by atoms with Crippen LogP contribution in [0.2, 0.25) is 0 Å². The van der Waals surface area contributed by atoms with Crippen LogP contribution in [-0.2, 0) is 6.54 Å². The minimum Gasteiger partial charge on any atom is -0.304 e. The van der Waals surface area contributed by atoms with Crippen molar-refractivity contribution >= 4 is 0 Å². The van der Waals surface area contributed by atoms with E-state index in [0.717, 1.165) is 26.2 Å². The summed E-state index contributed by atoms with van der Waals surface area (Å²) in [6, 6.07) is 3.31. The van der Waals surface area contributed by atoms with Gasteiger partial charge in [0, 0.05) is 31.9 Å². The Morgan fingerprint density at radius 2 is 2.11 bits per heavy atom. The Hall–Kier alpha value is -0.870. The Bertz CT molecular complexity index is 381. The third-order valence-electron chi connectivity index (χ3n) is 4.31. The van der Waals surface area contributed by atoms with E-state index in [1.54, 1.807) is 0 Å². The molecule has 108 valence electrons. The molecule has 0 unspecified atom stereocenters. The van der Waals surface area contributed by atoms with Crippen molar-refractivity contribution in [2.24, 2.45) is 0 Å². The number of aromatic nitrogens is 2. The smallest absolute Gasteiger partial charge is 0.0662 e. The lowest BCUT2D eigenvalue weighted by molar-refractivity contribution is 0.127. The van der Waals surface area contributed by atoms with E-state index in [1.165, 1.54) is 18.7 Å². The number of nitrogens with zero attached hydrogens (tertiary/aromatic N) is 4. The lowest BCUT2D eigenvalue weighted by Crippen LogP contribution is -2.42. The van der Waals surface area contributed by atoms with E-state index in [1.807, 2.05) is 6.20 Å². The predicted octanol–water partition coefficient (Wildman–Crippen LogP) is 2.38. The number of hydrogen-bond donors (Lipinski definition) is 0. The summed E-state index contributed by atoms with van der Waals surface area (Å²) < 4.78 is 2.25. The van der Waals surface area contributed by atoms with Crippen molar-refractivity contribution in [3.8, 4) is 0 Å². The number of fused-ring (bicyclic) bond motifs is 1. The lowest BCUT2D eigenvalue weighted by atomic mass is 10.1. The van der Waals surface area contributed by atoms with Crippen molar-refractivity contribution in [2.75, 3.05) is 26.2 Å². The Labute approximate surface area is 117 Å². The molecular weight excluding hydrogens is 236 g/mol. The monoisotopic (exact) mass is 264 g/mol. The van der Waals surface area contributed by atoms with Crippen LogP contribution in [-0.4, -0.2) is 51.8 Å². The molecule has 0 aromatic carbocycles. The molecule has 2 rings (SSSR count). The van der Waals surface area contributed by atoms with Crippen molar-refractivity contribution in [3.05, 3.63) is 18.0 Å². The highest BCUT2D eigenvalue weighted by atomic mass is 15.4. The van der Waals surface area contributed by atoms with Gasteiger partial charge in [-0.3, -0.25) is 9.58 Å². The first-order chi connectivity index (χ1) is 9.15. The van der Waals surface area contributed by atoms with E-state index in [-0.39, 0.29) is 0 Å². The van der Waals surface area contributed by atoms with Crippen molar-refractivity contribution in [1.82, 2.24) is 19.6 Å². The molecule has 19 heavy (non-hydrogen) atoms. The first kappa shape index (κ1) is 14.5. The summed E-state index contributed by atoms with van der Waals surface area (Å²) in [5, 5.41) is 4.53. The topological polar surface area (TPSA) is 24.3 Å². The molecule has 0 bridgehead atoms. The van der Waals surface area contributed by atoms with Crippen LogP contribution in [0.25, 0.3) is 0 Å². The van der Waals surface area contributed by atoms with Gasteiger partial charge in [0.25, 0.3) is 0 Å². The molecular formula is C15H28N4. The zero-order valence-corrected chi connectivity index (χ0v) is 12.8. The Morgan fingerprint density at radius 3 is 2.74 bits per heavy atom. The zero-order chi connectivity index (χ0) is 13.8. The van der Waals surface area contributed by atoms with Gasteiger partial charge in [0.1, 0.15) is 0 Å².